The molecule has 0 amide bonds. The number of hydrogen-bond donors (Lipinski definition) is 0. The number of benzene rings is 9. The van der Waals surface area contributed by atoms with Crippen LogP contribution in [0.4, 0.5) is 0 Å². The highest BCUT2D eigenvalue weighted by molar-refractivity contribution is 5.93. The summed E-state index contributed by atoms with van der Waals surface area (Å²) in [6.45, 7) is 4.85. The van der Waals surface area contributed by atoms with Crippen LogP contribution in [0.5, 0.6) is 0 Å². The second-order valence-electron chi connectivity index (χ2n) is 16.8. The summed E-state index contributed by atoms with van der Waals surface area (Å²) in [5.74, 6) is 0.359. The SMILES string of the molecule is CC1(C)c2ccccc2-c2ccc3c(c21)C(c1ccc(-c2ccccc2)cc1)c1ccc(-c2ccc4c(c2)-c2ccccc2C4c2ccc4ccccc4c2)cc1-3. The molecular formula is C57H40. The van der Waals surface area contributed by atoms with Gasteiger partial charge in [-0.3, -0.25) is 0 Å². The summed E-state index contributed by atoms with van der Waals surface area (Å²) in [6.07, 6.45) is 0. The molecule has 0 aliphatic heterocycles. The third-order valence-electron chi connectivity index (χ3n) is 13.4. The van der Waals surface area contributed by atoms with Gasteiger partial charge in [0.05, 0.1) is 0 Å². The molecule has 0 heteroatoms. The van der Waals surface area contributed by atoms with Gasteiger partial charge in [-0.25, -0.2) is 0 Å². The highest BCUT2D eigenvalue weighted by Crippen LogP contribution is 2.59. The summed E-state index contributed by atoms with van der Waals surface area (Å²) in [5, 5.41) is 2.57. The van der Waals surface area contributed by atoms with Gasteiger partial charge in [0.15, 0.2) is 0 Å². The average Bonchev–Trinajstić information content (AvgIpc) is 3.86. The lowest BCUT2D eigenvalue weighted by Gasteiger charge is -2.27. The fourth-order valence-corrected chi connectivity index (χ4v) is 10.8. The number of hydrogen-bond acceptors (Lipinski definition) is 0. The minimum absolute atomic E-state index is 0.112. The minimum Gasteiger partial charge on any atom is -0.0622 e. The Morgan fingerprint density at radius 1 is 0.333 bits per heavy atom. The summed E-state index contributed by atoms with van der Waals surface area (Å²) in [4.78, 5) is 0. The van der Waals surface area contributed by atoms with Gasteiger partial charge in [-0.15, -0.1) is 0 Å². The van der Waals surface area contributed by atoms with Gasteiger partial charge in [-0.1, -0.05) is 196 Å². The minimum atomic E-state index is -0.112. The molecule has 0 bridgehead atoms. The first-order valence-electron chi connectivity index (χ1n) is 20.3. The highest BCUT2D eigenvalue weighted by Gasteiger charge is 2.43. The summed E-state index contributed by atoms with van der Waals surface area (Å²) >= 11 is 0. The van der Waals surface area contributed by atoms with Crippen LogP contribution in [0.1, 0.15) is 70.2 Å². The van der Waals surface area contributed by atoms with E-state index < -0.39 is 0 Å². The van der Waals surface area contributed by atoms with E-state index in [-0.39, 0.29) is 17.3 Å². The molecule has 3 aliphatic rings. The molecule has 0 nitrogen and oxygen atoms in total. The van der Waals surface area contributed by atoms with E-state index in [1.54, 1.807) is 0 Å². The van der Waals surface area contributed by atoms with Crippen molar-refractivity contribution in [3.63, 3.8) is 0 Å². The molecule has 0 N–H and O–H groups in total. The quantitative estimate of drug-likeness (QED) is 0.170. The number of fused-ring (bicyclic) bond motifs is 11. The molecule has 57 heavy (non-hydrogen) atoms. The molecule has 3 aliphatic carbocycles. The van der Waals surface area contributed by atoms with E-state index in [9.17, 15) is 0 Å². The van der Waals surface area contributed by atoms with Crippen molar-refractivity contribution in [2.45, 2.75) is 31.1 Å². The third kappa shape index (κ3) is 4.74. The zero-order valence-corrected chi connectivity index (χ0v) is 32.1. The van der Waals surface area contributed by atoms with Gasteiger partial charge >= 0.3 is 0 Å². The van der Waals surface area contributed by atoms with Crippen LogP contribution in [0, 0.1) is 0 Å². The van der Waals surface area contributed by atoms with Crippen LogP contribution in [-0.4, -0.2) is 0 Å². The molecule has 0 heterocycles. The molecule has 0 saturated carbocycles. The molecule has 0 fully saturated rings. The molecule has 0 saturated heterocycles. The van der Waals surface area contributed by atoms with Crippen LogP contribution in [0.2, 0.25) is 0 Å². The van der Waals surface area contributed by atoms with E-state index in [2.05, 4.69) is 208 Å². The zero-order valence-electron chi connectivity index (χ0n) is 32.1. The van der Waals surface area contributed by atoms with E-state index in [4.69, 9.17) is 0 Å². The Morgan fingerprint density at radius 2 is 0.895 bits per heavy atom. The van der Waals surface area contributed by atoms with E-state index in [0.717, 1.165) is 0 Å². The maximum atomic E-state index is 2.48. The maximum Gasteiger partial charge on any atom is 0.0355 e. The van der Waals surface area contributed by atoms with E-state index in [1.165, 1.54) is 111 Å². The molecule has 0 radical (unpaired) electrons. The normalized spacial score (nSPS) is 16.4. The molecule has 9 aromatic rings. The van der Waals surface area contributed by atoms with Crippen molar-refractivity contribution in [2.24, 2.45) is 0 Å². The van der Waals surface area contributed by atoms with Crippen molar-refractivity contribution in [3.8, 4) is 55.6 Å². The van der Waals surface area contributed by atoms with Crippen molar-refractivity contribution >= 4 is 10.8 Å². The lowest BCUT2D eigenvalue weighted by molar-refractivity contribution is 0.650. The predicted octanol–water partition coefficient (Wildman–Crippen LogP) is 14.8. The molecule has 12 rings (SSSR count). The summed E-state index contributed by atoms with van der Waals surface area (Å²) in [7, 11) is 0. The first-order chi connectivity index (χ1) is 28.0. The standard InChI is InChI=1S/C57H40/c1-57(2)52-19-11-10-17-44(52)49-31-30-48-51-34-41(27-29-47(51)54(55(48)56(49)57)38-23-20-37(21-24-38)35-12-4-3-5-13-35)40-26-28-46-50(33-40)43-16-8-9-18-45(43)53(46)42-25-22-36-14-6-7-15-39(36)32-42/h3-34,53-54H,1-2H3. The van der Waals surface area contributed by atoms with Crippen LogP contribution < -0.4 is 0 Å². The summed E-state index contributed by atoms with van der Waals surface area (Å²) < 4.78 is 0. The monoisotopic (exact) mass is 724 g/mol. The molecule has 2 unspecified atom stereocenters. The third-order valence-corrected chi connectivity index (χ3v) is 13.4. The van der Waals surface area contributed by atoms with E-state index in [0.29, 0.717) is 0 Å². The molecular weight excluding hydrogens is 685 g/mol. The predicted molar refractivity (Wildman–Crippen MR) is 238 cm³/mol. The molecule has 0 aromatic heterocycles. The Hall–Kier alpha value is -6.76. The van der Waals surface area contributed by atoms with Crippen molar-refractivity contribution in [2.75, 3.05) is 0 Å². The van der Waals surface area contributed by atoms with Gasteiger partial charge in [-0.05, 0) is 123 Å². The first kappa shape index (κ1) is 32.5. The summed E-state index contributed by atoms with van der Waals surface area (Å²) in [6, 6.07) is 73.2. The van der Waals surface area contributed by atoms with Gasteiger partial charge < -0.3 is 0 Å². The Kier molecular flexibility index (Phi) is 6.91. The smallest absolute Gasteiger partial charge is 0.0355 e. The lowest BCUT2D eigenvalue weighted by Crippen LogP contribution is -2.18. The van der Waals surface area contributed by atoms with Crippen LogP contribution >= 0.6 is 0 Å². The van der Waals surface area contributed by atoms with Gasteiger partial charge in [0.2, 0.25) is 0 Å². The van der Waals surface area contributed by atoms with Gasteiger partial charge in [-0.2, -0.15) is 0 Å². The highest BCUT2D eigenvalue weighted by atomic mass is 14.5. The van der Waals surface area contributed by atoms with Crippen molar-refractivity contribution in [3.05, 3.63) is 239 Å². The molecule has 2 atom stereocenters. The summed E-state index contributed by atoms with van der Waals surface area (Å²) in [5.41, 5.74) is 24.3. The second kappa shape index (κ2) is 12.1. The van der Waals surface area contributed by atoms with Crippen molar-refractivity contribution < 1.29 is 0 Å². The van der Waals surface area contributed by atoms with E-state index >= 15 is 0 Å². The first-order valence-corrected chi connectivity index (χ1v) is 20.3. The number of rotatable bonds is 4. The van der Waals surface area contributed by atoms with Gasteiger partial charge in [0, 0.05) is 17.3 Å². The van der Waals surface area contributed by atoms with Crippen molar-refractivity contribution in [1.82, 2.24) is 0 Å². The van der Waals surface area contributed by atoms with Crippen LogP contribution in [0.25, 0.3) is 66.4 Å². The fraction of sp³-hybridized carbons (Fsp3) is 0.0877. The Labute approximate surface area is 334 Å². The maximum absolute atomic E-state index is 2.48. The topological polar surface area (TPSA) is 0 Å². The Morgan fingerprint density at radius 3 is 1.68 bits per heavy atom. The Balaban J connectivity index is 1.01. The van der Waals surface area contributed by atoms with Crippen LogP contribution in [0.3, 0.4) is 0 Å². The lowest BCUT2D eigenvalue weighted by atomic mass is 9.75. The van der Waals surface area contributed by atoms with Crippen molar-refractivity contribution in [1.29, 1.82) is 0 Å². The zero-order chi connectivity index (χ0) is 37.8. The molecule has 0 spiro atoms. The van der Waals surface area contributed by atoms with Gasteiger partial charge in [0.1, 0.15) is 0 Å². The fourth-order valence-electron chi connectivity index (χ4n) is 10.8. The van der Waals surface area contributed by atoms with Gasteiger partial charge in [0.25, 0.3) is 0 Å². The molecule has 9 aromatic carbocycles. The van der Waals surface area contributed by atoms with Crippen LogP contribution in [-0.2, 0) is 5.41 Å². The van der Waals surface area contributed by atoms with E-state index in [1.807, 2.05) is 0 Å². The Bertz CT molecular complexity index is 3090. The van der Waals surface area contributed by atoms with Crippen LogP contribution in [0.15, 0.2) is 194 Å². The molecule has 268 valence electrons. The average molecular weight is 725 g/mol. The largest absolute Gasteiger partial charge is 0.0622 e. The second-order valence-corrected chi connectivity index (χ2v) is 16.8.